The summed E-state index contributed by atoms with van der Waals surface area (Å²) in [4.78, 5) is 14.4. The molecule has 0 radical (unpaired) electrons. The molecule has 0 fully saturated rings. The highest BCUT2D eigenvalue weighted by molar-refractivity contribution is 7.89. The van der Waals surface area contributed by atoms with Crippen LogP contribution in [0.4, 0.5) is 0 Å². The number of amides is 1. The third kappa shape index (κ3) is 4.12. The van der Waals surface area contributed by atoms with E-state index in [0.29, 0.717) is 26.2 Å². The number of benzene rings is 1. The molecule has 2 aromatic rings. The summed E-state index contributed by atoms with van der Waals surface area (Å²) in [5.74, 6) is -0.0679. The van der Waals surface area contributed by atoms with Gasteiger partial charge in [-0.15, -0.1) is 0 Å². The van der Waals surface area contributed by atoms with E-state index in [1.165, 1.54) is 10.4 Å². The molecule has 3 rings (SSSR count). The fourth-order valence-corrected chi connectivity index (χ4v) is 4.60. The van der Waals surface area contributed by atoms with Crippen LogP contribution in [0, 0.1) is 0 Å². The van der Waals surface area contributed by atoms with Crippen molar-refractivity contribution in [2.75, 3.05) is 19.6 Å². The first-order valence-electron chi connectivity index (χ1n) is 9.04. The predicted molar refractivity (Wildman–Crippen MR) is 103 cm³/mol. The maximum Gasteiger partial charge on any atom is 0.246 e. The topological polar surface area (TPSA) is 86.4 Å². The number of aromatic nitrogens is 2. The highest BCUT2D eigenvalue weighted by Gasteiger charge is 2.22. The zero-order chi connectivity index (χ0) is 19.4. The fourth-order valence-electron chi connectivity index (χ4n) is 3.15. The molecule has 0 spiro atoms. The molecule has 1 aliphatic heterocycles. The summed E-state index contributed by atoms with van der Waals surface area (Å²) in [7, 11) is -3.46. The molecule has 1 aliphatic rings. The first-order chi connectivity index (χ1) is 13.0. The van der Waals surface area contributed by atoms with E-state index in [1.807, 2.05) is 13.8 Å². The number of nitrogens with one attached hydrogen (secondary N) is 1. The number of rotatable bonds is 6. The Morgan fingerprint density at radius 2 is 1.96 bits per heavy atom. The van der Waals surface area contributed by atoms with Crippen LogP contribution in [0.3, 0.4) is 0 Å². The van der Waals surface area contributed by atoms with E-state index in [4.69, 9.17) is 0 Å². The molecule has 27 heavy (non-hydrogen) atoms. The minimum atomic E-state index is -3.46. The lowest BCUT2D eigenvalue weighted by molar-refractivity contribution is -0.126. The van der Waals surface area contributed by atoms with Gasteiger partial charge in [-0.2, -0.15) is 9.40 Å². The molecular weight excluding hydrogens is 364 g/mol. The van der Waals surface area contributed by atoms with Crippen molar-refractivity contribution in [1.82, 2.24) is 19.4 Å². The van der Waals surface area contributed by atoms with Crippen LogP contribution in [0.2, 0.25) is 0 Å². The fraction of sp³-hybridized carbons (Fsp3) is 0.368. The summed E-state index contributed by atoms with van der Waals surface area (Å²) < 4.78 is 26.4. The lowest BCUT2D eigenvalue weighted by atomic mass is 10.1. The summed E-state index contributed by atoms with van der Waals surface area (Å²) in [6.07, 6.45) is 5.76. The molecule has 1 N–H and O–H groups in total. The number of fused-ring (bicyclic) bond motifs is 1. The summed E-state index contributed by atoms with van der Waals surface area (Å²) in [5, 5.41) is 6.96. The molecule has 1 amide bonds. The molecule has 0 bridgehead atoms. The van der Waals surface area contributed by atoms with E-state index in [2.05, 4.69) is 10.2 Å². The largest absolute Gasteiger partial charge is 0.334 e. The Morgan fingerprint density at radius 1 is 1.26 bits per heavy atom. The molecule has 144 valence electrons. The lowest BCUT2D eigenvalue weighted by Crippen LogP contribution is -2.34. The molecular formula is C19H24N4O3S. The number of carbonyl (C=O) groups excluding carboxylic acids is 1. The quantitative estimate of drug-likeness (QED) is 0.767. The van der Waals surface area contributed by atoms with E-state index in [0.717, 1.165) is 23.2 Å². The molecule has 0 saturated carbocycles. The normalized spacial score (nSPS) is 14.7. The lowest BCUT2D eigenvalue weighted by Gasteiger charge is -2.25. The highest BCUT2D eigenvalue weighted by Crippen LogP contribution is 2.18. The number of nitrogens with zero attached hydrogens (tertiary/aromatic N) is 3. The predicted octanol–water partition coefficient (Wildman–Crippen LogP) is 2.04. The zero-order valence-corrected chi connectivity index (χ0v) is 16.4. The van der Waals surface area contributed by atoms with Gasteiger partial charge in [0, 0.05) is 49.9 Å². The Balaban J connectivity index is 1.67. The van der Waals surface area contributed by atoms with Crippen LogP contribution < -0.4 is 0 Å². The third-order valence-electron chi connectivity index (χ3n) is 4.75. The molecule has 0 saturated heterocycles. The van der Waals surface area contributed by atoms with Crippen molar-refractivity contribution in [3.63, 3.8) is 0 Å². The summed E-state index contributed by atoms with van der Waals surface area (Å²) in [6, 6.07) is 6.59. The van der Waals surface area contributed by atoms with Gasteiger partial charge < -0.3 is 4.90 Å². The zero-order valence-electron chi connectivity index (χ0n) is 15.6. The van der Waals surface area contributed by atoms with E-state index in [-0.39, 0.29) is 10.8 Å². The van der Waals surface area contributed by atoms with Crippen molar-refractivity contribution in [2.45, 2.75) is 31.7 Å². The molecule has 2 heterocycles. The molecule has 1 aromatic carbocycles. The Labute approximate surface area is 159 Å². The van der Waals surface area contributed by atoms with Gasteiger partial charge in [0.1, 0.15) is 0 Å². The van der Waals surface area contributed by atoms with Gasteiger partial charge in [0.25, 0.3) is 0 Å². The Morgan fingerprint density at radius 3 is 2.63 bits per heavy atom. The van der Waals surface area contributed by atoms with Crippen molar-refractivity contribution in [3.8, 4) is 0 Å². The van der Waals surface area contributed by atoms with Crippen LogP contribution in [-0.4, -0.2) is 53.4 Å². The van der Waals surface area contributed by atoms with Gasteiger partial charge in [0.05, 0.1) is 11.1 Å². The molecule has 0 aliphatic carbocycles. The number of aromatic amines is 1. The Hall–Kier alpha value is -2.45. The maximum absolute atomic E-state index is 12.5. The average molecular weight is 388 g/mol. The van der Waals surface area contributed by atoms with E-state index in [9.17, 15) is 13.2 Å². The first kappa shape index (κ1) is 19.3. The van der Waals surface area contributed by atoms with Crippen molar-refractivity contribution in [1.29, 1.82) is 0 Å². The SMILES string of the molecule is CCN(CC)S(=O)(=O)c1ccc(C=CC(=O)N2CCc3[nH]ncc3C2)cc1. The molecule has 8 heteroatoms. The van der Waals surface area contributed by atoms with Crippen molar-refractivity contribution < 1.29 is 13.2 Å². The van der Waals surface area contributed by atoms with Gasteiger partial charge in [-0.3, -0.25) is 9.89 Å². The van der Waals surface area contributed by atoms with Crippen LogP contribution in [0.5, 0.6) is 0 Å². The standard InChI is InChI=1S/C19H24N4O3S/c1-3-23(4-2)27(25,26)17-8-5-15(6-9-17)7-10-19(24)22-12-11-18-16(14-22)13-20-21-18/h5-10,13H,3-4,11-12,14H2,1-2H3,(H,20,21). The van der Waals surface area contributed by atoms with Crippen LogP contribution in [0.25, 0.3) is 6.08 Å². The van der Waals surface area contributed by atoms with Crippen molar-refractivity contribution in [3.05, 3.63) is 53.4 Å². The third-order valence-corrected chi connectivity index (χ3v) is 6.82. The number of sulfonamides is 1. The van der Waals surface area contributed by atoms with Gasteiger partial charge in [-0.25, -0.2) is 8.42 Å². The minimum Gasteiger partial charge on any atom is -0.334 e. The number of hydrogen-bond acceptors (Lipinski definition) is 4. The van der Waals surface area contributed by atoms with Gasteiger partial charge in [0.2, 0.25) is 15.9 Å². The molecule has 7 nitrogen and oxygen atoms in total. The maximum atomic E-state index is 12.5. The van der Waals surface area contributed by atoms with Crippen LogP contribution >= 0.6 is 0 Å². The average Bonchev–Trinajstić information content (AvgIpc) is 3.15. The van der Waals surface area contributed by atoms with Crippen LogP contribution in [0.1, 0.15) is 30.7 Å². The summed E-state index contributed by atoms with van der Waals surface area (Å²) in [6.45, 7) is 5.70. The Bertz CT molecular complexity index is 928. The summed E-state index contributed by atoms with van der Waals surface area (Å²) >= 11 is 0. The van der Waals surface area contributed by atoms with Crippen LogP contribution in [-0.2, 0) is 27.8 Å². The van der Waals surface area contributed by atoms with Gasteiger partial charge in [-0.1, -0.05) is 26.0 Å². The molecule has 0 unspecified atom stereocenters. The highest BCUT2D eigenvalue weighted by atomic mass is 32.2. The summed E-state index contributed by atoms with van der Waals surface area (Å²) in [5.41, 5.74) is 2.92. The second-order valence-electron chi connectivity index (χ2n) is 6.38. The minimum absolute atomic E-state index is 0.0679. The second-order valence-corrected chi connectivity index (χ2v) is 8.31. The molecule has 0 atom stereocenters. The van der Waals surface area contributed by atoms with Gasteiger partial charge in [0.15, 0.2) is 0 Å². The van der Waals surface area contributed by atoms with E-state index < -0.39 is 10.0 Å². The smallest absolute Gasteiger partial charge is 0.246 e. The Kier molecular flexibility index (Phi) is 5.76. The monoisotopic (exact) mass is 388 g/mol. The second kappa shape index (κ2) is 8.06. The first-order valence-corrected chi connectivity index (χ1v) is 10.5. The molecule has 1 aromatic heterocycles. The van der Waals surface area contributed by atoms with Gasteiger partial charge in [-0.05, 0) is 23.8 Å². The van der Waals surface area contributed by atoms with Gasteiger partial charge >= 0.3 is 0 Å². The number of hydrogen-bond donors (Lipinski definition) is 1. The van der Waals surface area contributed by atoms with Crippen molar-refractivity contribution >= 4 is 22.0 Å². The van der Waals surface area contributed by atoms with Crippen LogP contribution in [0.15, 0.2) is 41.4 Å². The van der Waals surface area contributed by atoms with E-state index in [1.54, 1.807) is 41.4 Å². The number of H-pyrrole nitrogens is 1. The van der Waals surface area contributed by atoms with E-state index >= 15 is 0 Å². The van der Waals surface area contributed by atoms with Crippen molar-refractivity contribution in [2.24, 2.45) is 0 Å². The number of carbonyl (C=O) groups is 1.